The largest absolute Gasteiger partial charge is 0.394 e. The van der Waals surface area contributed by atoms with E-state index in [4.69, 9.17) is 5.11 Å². The molecule has 0 fully saturated rings. The van der Waals surface area contributed by atoms with Crippen molar-refractivity contribution in [1.82, 2.24) is 5.32 Å². The molecule has 0 bridgehead atoms. The molecule has 0 aliphatic carbocycles. The molecule has 17 heavy (non-hydrogen) atoms. The van der Waals surface area contributed by atoms with Crippen LogP contribution in [0.1, 0.15) is 18.5 Å². The lowest BCUT2D eigenvalue weighted by molar-refractivity contribution is -0.385. The first kappa shape index (κ1) is 13.6. The van der Waals surface area contributed by atoms with Crippen LogP contribution in [0.4, 0.5) is 5.69 Å². The maximum atomic E-state index is 10.8. The number of hydrogen-bond acceptors (Lipinski definition) is 5. The van der Waals surface area contributed by atoms with Gasteiger partial charge in [-0.25, -0.2) is 0 Å². The van der Waals surface area contributed by atoms with Crippen molar-refractivity contribution in [3.8, 4) is 0 Å². The number of nitrogens with zero attached hydrogens (tertiary/aromatic N) is 1. The highest BCUT2D eigenvalue weighted by Crippen LogP contribution is 2.24. The van der Waals surface area contributed by atoms with Crippen molar-refractivity contribution in [3.05, 3.63) is 39.9 Å². The van der Waals surface area contributed by atoms with Crippen LogP contribution in [-0.4, -0.2) is 34.4 Å². The first-order valence-electron chi connectivity index (χ1n) is 5.32. The summed E-state index contributed by atoms with van der Waals surface area (Å²) in [5.74, 6) is 0. The van der Waals surface area contributed by atoms with E-state index in [1.165, 1.54) is 6.07 Å². The van der Waals surface area contributed by atoms with E-state index in [0.29, 0.717) is 5.56 Å². The van der Waals surface area contributed by atoms with Crippen LogP contribution in [0, 0.1) is 10.1 Å². The summed E-state index contributed by atoms with van der Waals surface area (Å²) in [6.45, 7) is 1.62. The molecule has 0 saturated carbocycles. The minimum absolute atomic E-state index is 0.0472. The third-order valence-corrected chi connectivity index (χ3v) is 2.47. The molecule has 1 aromatic rings. The average Bonchev–Trinajstić information content (AvgIpc) is 2.35. The molecule has 0 radical (unpaired) electrons. The van der Waals surface area contributed by atoms with Gasteiger partial charge < -0.3 is 15.5 Å². The van der Waals surface area contributed by atoms with Crippen molar-refractivity contribution in [1.29, 1.82) is 0 Å². The van der Waals surface area contributed by atoms with Crippen LogP contribution in [-0.2, 0) is 0 Å². The molecule has 2 atom stereocenters. The van der Waals surface area contributed by atoms with Crippen LogP contribution >= 0.6 is 0 Å². The molecule has 0 aliphatic heterocycles. The van der Waals surface area contributed by atoms with E-state index in [1.54, 1.807) is 25.1 Å². The predicted molar refractivity (Wildman–Crippen MR) is 62.6 cm³/mol. The topological polar surface area (TPSA) is 95.6 Å². The van der Waals surface area contributed by atoms with Crippen molar-refractivity contribution in [2.45, 2.75) is 19.1 Å². The maximum absolute atomic E-state index is 10.8. The van der Waals surface area contributed by atoms with Crippen molar-refractivity contribution in [2.24, 2.45) is 0 Å². The predicted octanol–water partition coefficient (Wildman–Crippen LogP) is 0.599. The summed E-state index contributed by atoms with van der Waals surface area (Å²) in [4.78, 5) is 10.4. The van der Waals surface area contributed by atoms with E-state index >= 15 is 0 Å². The zero-order valence-corrected chi connectivity index (χ0v) is 9.54. The monoisotopic (exact) mass is 240 g/mol. The molecule has 94 valence electrons. The van der Waals surface area contributed by atoms with Gasteiger partial charge in [-0.3, -0.25) is 10.1 Å². The van der Waals surface area contributed by atoms with Crippen LogP contribution in [0.5, 0.6) is 0 Å². The number of aliphatic hydroxyl groups is 2. The molecule has 0 aliphatic rings. The van der Waals surface area contributed by atoms with Crippen LogP contribution in [0.2, 0.25) is 0 Å². The Morgan fingerprint density at radius 2 is 2.12 bits per heavy atom. The minimum atomic E-state index is -0.861. The second-order valence-corrected chi connectivity index (χ2v) is 3.78. The van der Waals surface area contributed by atoms with E-state index in [0.717, 1.165) is 0 Å². The van der Waals surface area contributed by atoms with Gasteiger partial charge in [-0.2, -0.15) is 0 Å². The Hall–Kier alpha value is -1.50. The van der Waals surface area contributed by atoms with Gasteiger partial charge in [0.1, 0.15) is 0 Å². The van der Waals surface area contributed by atoms with Gasteiger partial charge >= 0.3 is 0 Å². The number of benzene rings is 1. The third kappa shape index (κ3) is 3.77. The molecule has 0 heterocycles. The van der Waals surface area contributed by atoms with Crippen LogP contribution < -0.4 is 5.32 Å². The standard InChI is InChI=1S/C11H16N2O4/c1-8(12-6-9(15)7-14)10-4-2-3-5-11(10)13(16)17/h2-5,8-9,12,14-15H,6-7H2,1H3. The Morgan fingerprint density at radius 3 is 2.71 bits per heavy atom. The molecule has 6 nitrogen and oxygen atoms in total. The van der Waals surface area contributed by atoms with Crippen molar-refractivity contribution in [2.75, 3.05) is 13.2 Å². The highest BCUT2D eigenvalue weighted by Gasteiger charge is 2.18. The first-order valence-corrected chi connectivity index (χ1v) is 5.32. The smallest absolute Gasteiger partial charge is 0.274 e. The third-order valence-electron chi connectivity index (χ3n) is 2.47. The molecule has 6 heteroatoms. The highest BCUT2D eigenvalue weighted by molar-refractivity contribution is 5.41. The van der Waals surface area contributed by atoms with E-state index in [-0.39, 0.29) is 24.9 Å². The maximum Gasteiger partial charge on any atom is 0.274 e. The summed E-state index contributed by atoms with van der Waals surface area (Å²) in [7, 11) is 0. The van der Waals surface area contributed by atoms with Gasteiger partial charge in [0.05, 0.1) is 17.6 Å². The zero-order chi connectivity index (χ0) is 12.8. The lowest BCUT2D eigenvalue weighted by atomic mass is 10.1. The molecule has 1 rings (SSSR count). The highest BCUT2D eigenvalue weighted by atomic mass is 16.6. The molecule has 0 aromatic heterocycles. The Balaban J connectivity index is 2.74. The minimum Gasteiger partial charge on any atom is -0.394 e. The van der Waals surface area contributed by atoms with E-state index in [9.17, 15) is 15.2 Å². The zero-order valence-electron chi connectivity index (χ0n) is 9.54. The summed E-state index contributed by atoms with van der Waals surface area (Å²) in [6, 6.07) is 6.18. The summed E-state index contributed by atoms with van der Waals surface area (Å²) < 4.78 is 0. The molecular formula is C11H16N2O4. The normalized spacial score (nSPS) is 14.3. The van der Waals surface area contributed by atoms with E-state index in [1.807, 2.05) is 0 Å². The van der Waals surface area contributed by atoms with Gasteiger partial charge in [-0.05, 0) is 6.92 Å². The summed E-state index contributed by atoms with van der Waals surface area (Å²) in [6.07, 6.45) is -0.861. The Labute approximate surface area is 99.0 Å². The number of para-hydroxylation sites is 1. The van der Waals surface area contributed by atoms with Gasteiger partial charge in [0.2, 0.25) is 0 Å². The van der Waals surface area contributed by atoms with Crippen molar-refractivity contribution >= 4 is 5.69 Å². The fraction of sp³-hybridized carbons (Fsp3) is 0.455. The Bertz CT molecular complexity index is 383. The number of nitrogens with one attached hydrogen (secondary N) is 1. The SMILES string of the molecule is CC(NCC(O)CO)c1ccccc1[N+](=O)[O-]. The van der Waals surface area contributed by atoms with Gasteiger partial charge in [-0.1, -0.05) is 18.2 Å². The summed E-state index contributed by atoms with van der Waals surface area (Å²) in [5.41, 5.74) is 0.605. The fourth-order valence-electron chi connectivity index (χ4n) is 1.51. The van der Waals surface area contributed by atoms with Gasteiger partial charge in [0.25, 0.3) is 5.69 Å². The van der Waals surface area contributed by atoms with E-state index < -0.39 is 11.0 Å². The van der Waals surface area contributed by atoms with Crippen molar-refractivity contribution in [3.63, 3.8) is 0 Å². The number of rotatable bonds is 6. The van der Waals surface area contributed by atoms with Gasteiger partial charge in [0, 0.05) is 24.2 Å². The average molecular weight is 240 g/mol. The Morgan fingerprint density at radius 1 is 1.47 bits per heavy atom. The molecular weight excluding hydrogens is 224 g/mol. The van der Waals surface area contributed by atoms with Crippen LogP contribution in [0.25, 0.3) is 0 Å². The molecule has 0 amide bonds. The summed E-state index contributed by atoms with van der Waals surface area (Å²) in [5, 5.41) is 31.6. The molecule has 1 aromatic carbocycles. The van der Waals surface area contributed by atoms with Crippen LogP contribution in [0.3, 0.4) is 0 Å². The molecule has 2 unspecified atom stereocenters. The molecule has 0 spiro atoms. The second-order valence-electron chi connectivity index (χ2n) is 3.78. The van der Waals surface area contributed by atoms with Gasteiger partial charge in [0.15, 0.2) is 0 Å². The number of nitro groups is 1. The fourth-order valence-corrected chi connectivity index (χ4v) is 1.51. The number of aliphatic hydroxyl groups excluding tert-OH is 2. The first-order chi connectivity index (χ1) is 8.06. The summed E-state index contributed by atoms with van der Waals surface area (Å²) >= 11 is 0. The Kier molecular flexibility index (Phi) is 5.02. The quantitative estimate of drug-likeness (QED) is 0.500. The molecule has 0 saturated heterocycles. The lowest BCUT2D eigenvalue weighted by Crippen LogP contribution is -2.31. The van der Waals surface area contributed by atoms with Gasteiger partial charge in [-0.15, -0.1) is 0 Å². The van der Waals surface area contributed by atoms with Crippen LogP contribution in [0.15, 0.2) is 24.3 Å². The number of nitro benzene ring substituents is 1. The molecule has 3 N–H and O–H groups in total. The van der Waals surface area contributed by atoms with Crippen molar-refractivity contribution < 1.29 is 15.1 Å². The lowest BCUT2D eigenvalue weighted by Gasteiger charge is -2.16. The second kappa shape index (κ2) is 6.29. The number of hydrogen-bond donors (Lipinski definition) is 3. The van der Waals surface area contributed by atoms with E-state index in [2.05, 4.69) is 5.32 Å².